The second-order valence-corrected chi connectivity index (χ2v) is 8.39. The lowest BCUT2D eigenvalue weighted by atomic mass is 10.1. The van der Waals surface area contributed by atoms with Gasteiger partial charge >= 0.3 is 6.18 Å². The van der Waals surface area contributed by atoms with Crippen LogP contribution in [0.3, 0.4) is 0 Å². The Morgan fingerprint density at radius 2 is 1.69 bits per heavy atom. The van der Waals surface area contributed by atoms with Crippen molar-refractivity contribution in [2.75, 3.05) is 71.4 Å². The molecule has 0 atom stereocenters. The van der Waals surface area contributed by atoms with Crippen LogP contribution in [0.4, 0.5) is 18.9 Å². The van der Waals surface area contributed by atoms with Crippen molar-refractivity contribution in [1.82, 2.24) is 20.4 Å². The van der Waals surface area contributed by atoms with Gasteiger partial charge in [0.1, 0.15) is 0 Å². The minimum atomic E-state index is -4.36. The van der Waals surface area contributed by atoms with Gasteiger partial charge in [-0.15, -0.1) is 24.0 Å². The van der Waals surface area contributed by atoms with Gasteiger partial charge in [0.15, 0.2) is 5.96 Å². The second kappa shape index (κ2) is 12.8. The fraction of sp³-hybridized carbons (Fsp3) is 0.682. The average Bonchev–Trinajstić information content (AvgIpc) is 2.76. The maximum atomic E-state index is 13.3. The number of nitrogens with zero attached hydrogens (tertiary/aromatic N) is 4. The van der Waals surface area contributed by atoms with E-state index in [-0.39, 0.29) is 30.5 Å². The molecule has 0 saturated carbocycles. The van der Waals surface area contributed by atoms with Crippen LogP contribution >= 0.6 is 24.0 Å². The lowest BCUT2D eigenvalue weighted by Gasteiger charge is -2.35. The van der Waals surface area contributed by atoms with E-state index >= 15 is 0 Å². The van der Waals surface area contributed by atoms with Crippen LogP contribution in [0.5, 0.6) is 0 Å². The Kier molecular flexibility index (Phi) is 10.8. The Bertz CT molecular complexity index is 729. The number of halogens is 4. The number of benzene rings is 1. The number of hydrogen-bond acceptors (Lipinski definition) is 4. The summed E-state index contributed by atoms with van der Waals surface area (Å²) >= 11 is 0. The zero-order valence-corrected chi connectivity index (χ0v) is 21.4. The van der Waals surface area contributed by atoms with Crippen molar-refractivity contribution in [3.8, 4) is 0 Å². The average molecular weight is 568 g/mol. The third-order valence-electron chi connectivity index (χ3n) is 6.09. The Labute approximate surface area is 206 Å². The number of likely N-dealkylation sites (N-methyl/N-ethyl adjacent to an activating group) is 1. The van der Waals surface area contributed by atoms with Crippen molar-refractivity contribution >= 4 is 35.6 Å². The van der Waals surface area contributed by atoms with Crippen LogP contribution < -0.4 is 15.5 Å². The van der Waals surface area contributed by atoms with E-state index in [1.54, 1.807) is 13.1 Å². The summed E-state index contributed by atoms with van der Waals surface area (Å²) in [6, 6.07) is 4.06. The molecule has 2 fully saturated rings. The fourth-order valence-corrected chi connectivity index (χ4v) is 4.17. The summed E-state index contributed by atoms with van der Waals surface area (Å²) in [6.45, 7) is 7.65. The van der Waals surface area contributed by atoms with Gasteiger partial charge in [-0.3, -0.25) is 4.99 Å². The minimum Gasteiger partial charge on any atom is -0.369 e. The molecule has 10 heteroatoms. The van der Waals surface area contributed by atoms with Gasteiger partial charge < -0.3 is 25.3 Å². The van der Waals surface area contributed by atoms with Gasteiger partial charge in [0.2, 0.25) is 0 Å². The molecule has 0 aromatic heterocycles. The lowest BCUT2D eigenvalue weighted by Crippen LogP contribution is -2.45. The summed E-state index contributed by atoms with van der Waals surface area (Å²) in [5, 5.41) is 6.50. The SMILES string of the molecule is CN=C(NCCN1CCCCC1)NCc1cc(C(F)(F)F)ccc1N1CCN(C)CC1.I. The molecule has 0 amide bonds. The van der Waals surface area contributed by atoms with Crippen molar-refractivity contribution in [1.29, 1.82) is 0 Å². The van der Waals surface area contributed by atoms with E-state index in [1.165, 1.54) is 31.4 Å². The maximum absolute atomic E-state index is 13.3. The molecule has 182 valence electrons. The molecule has 0 spiro atoms. The Morgan fingerprint density at radius 3 is 2.31 bits per heavy atom. The Morgan fingerprint density at radius 1 is 1.00 bits per heavy atom. The lowest BCUT2D eigenvalue weighted by molar-refractivity contribution is -0.137. The van der Waals surface area contributed by atoms with Crippen LogP contribution in [0, 0.1) is 0 Å². The van der Waals surface area contributed by atoms with Gasteiger partial charge in [0.25, 0.3) is 0 Å². The van der Waals surface area contributed by atoms with E-state index < -0.39 is 11.7 Å². The number of piperidine rings is 1. The molecule has 2 aliphatic rings. The highest BCUT2D eigenvalue weighted by Crippen LogP contribution is 2.33. The molecule has 6 nitrogen and oxygen atoms in total. The number of nitrogens with one attached hydrogen (secondary N) is 2. The topological polar surface area (TPSA) is 46.1 Å². The number of anilines is 1. The summed E-state index contributed by atoms with van der Waals surface area (Å²) < 4.78 is 40.0. The first-order valence-electron chi connectivity index (χ1n) is 11.2. The highest BCUT2D eigenvalue weighted by Gasteiger charge is 2.31. The predicted molar refractivity (Wildman–Crippen MR) is 135 cm³/mol. The van der Waals surface area contributed by atoms with Crippen molar-refractivity contribution in [2.45, 2.75) is 32.0 Å². The van der Waals surface area contributed by atoms with Crippen molar-refractivity contribution in [3.63, 3.8) is 0 Å². The molecule has 0 bridgehead atoms. The zero-order valence-electron chi connectivity index (χ0n) is 19.0. The molecule has 1 aromatic rings. The normalized spacial score (nSPS) is 18.9. The molecule has 0 radical (unpaired) electrons. The van der Waals surface area contributed by atoms with Crippen LogP contribution in [0.2, 0.25) is 0 Å². The number of guanidine groups is 1. The highest BCUT2D eigenvalue weighted by atomic mass is 127. The van der Waals surface area contributed by atoms with Crippen LogP contribution in [0.15, 0.2) is 23.2 Å². The van der Waals surface area contributed by atoms with Gasteiger partial charge in [-0.05, 0) is 56.7 Å². The molecule has 2 N–H and O–H groups in total. The summed E-state index contributed by atoms with van der Waals surface area (Å²) in [5.41, 5.74) is 0.881. The van der Waals surface area contributed by atoms with Gasteiger partial charge in [-0.1, -0.05) is 6.42 Å². The third kappa shape index (κ3) is 7.95. The molecule has 2 heterocycles. The third-order valence-corrected chi connectivity index (χ3v) is 6.09. The van der Waals surface area contributed by atoms with Crippen molar-refractivity contribution < 1.29 is 13.2 Å². The van der Waals surface area contributed by atoms with Crippen LogP contribution in [0.1, 0.15) is 30.4 Å². The molecule has 3 rings (SSSR count). The smallest absolute Gasteiger partial charge is 0.369 e. The number of alkyl halides is 3. The molecular weight excluding hydrogens is 532 g/mol. The van der Waals surface area contributed by atoms with Gasteiger partial charge in [0.05, 0.1) is 5.56 Å². The van der Waals surface area contributed by atoms with E-state index in [2.05, 4.69) is 37.4 Å². The van der Waals surface area contributed by atoms with Gasteiger partial charge in [-0.2, -0.15) is 13.2 Å². The van der Waals surface area contributed by atoms with Crippen LogP contribution in [0.25, 0.3) is 0 Å². The first-order valence-corrected chi connectivity index (χ1v) is 11.2. The zero-order chi connectivity index (χ0) is 22.3. The van der Waals surface area contributed by atoms with Crippen LogP contribution in [-0.4, -0.2) is 82.2 Å². The van der Waals surface area contributed by atoms with E-state index in [1.807, 2.05) is 0 Å². The number of hydrogen-bond donors (Lipinski definition) is 2. The molecule has 32 heavy (non-hydrogen) atoms. The summed E-state index contributed by atoms with van der Waals surface area (Å²) in [4.78, 5) is 11.1. The summed E-state index contributed by atoms with van der Waals surface area (Å²) in [6.07, 6.45) is -0.557. The van der Waals surface area contributed by atoms with E-state index in [9.17, 15) is 13.2 Å². The molecule has 0 aliphatic carbocycles. The standard InChI is InChI=1S/C22H35F3N6.HI/c1-26-21(27-8-11-30-9-4-3-5-10-30)28-17-18-16-19(22(23,24)25)6-7-20(18)31-14-12-29(2)13-15-31;/h6-7,16H,3-5,8-15,17H2,1-2H3,(H2,26,27,28);1H. The predicted octanol–water partition coefficient (Wildman–Crippen LogP) is 3.23. The minimum absolute atomic E-state index is 0. The van der Waals surface area contributed by atoms with Gasteiger partial charge in [0, 0.05) is 58.5 Å². The number of likely N-dealkylation sites (tertiary alicyclic amines) is 1. The molecule has 2 saturated heterocycles. The molecular formula is C22H36F3IN6. The second-order valence-electron chi connectivity index (χ2n) is 8.39. The van der Waals surface area contributed by atoms with Crippen LogP contribution in [-0.2, 0) is 12.7 Å². The molecule has 0 unspecified atom stereocenters. The Balaban J connectivity index is 0.00000363. The van der Waals surface area contributed by atoms with Gasteiger partial charge in [-0.25, -0.2) is 0 Å². The fourth-order valence-electron chi connectivity index (χ4n) is 4.17. The monoisotopic (exact) mass is 568 g/mol. The first kappa shape index (κ1) is 27.0. The van der Waals surface area contributed by atoms with E-state index in [4.69, 9.17) is 0 Å². The quantitative estimate of drug-likeness (QED) is 0.314. The highest BCUT2D eigenvalue weighted by molar-refractivity contribution is 14.0. The van der Waals surface area contributed by atoms with Crippen molar-refractivity contribution in [3.05, 3.63) is 29.3 Å². The number of aliphatic imine (C=N–C) groups is 1. The molecule has 2 aliphatic heterocycles. The first-order chi connectivity index (χ1) is 14.9. The van der Waals surface area contributed by atoms with E-state index in [0.29, 0.717) is 11.5 Å². The number of rotatable bonds is 6. The van der Waals surface area contributed by atoms with E-state index in [0.717, 1.165) is 58.0 Å². The largest absolute Gasteiger partial charge is 0.416 e. The summed E-state index contributed by atoms with van der Waals surface area (Å²) in [5.74, 6) is 0.610. The summed E-state index contributed by atoms with van der Waals surface area (Å²) in [7, 11) is 3.75. The Hall–Kier alpha value is -1.27. The molecule has 1 aromatic carbocycles. The van der Waals surface area contributed by atoms with Crippen molar-refractivity contribution in [2.24, 2.45) is 4.99 Å². The maximum Gasteiger partial charge on any atom is 0.416 e. The number of piperazine rings is 1.